The van der Waals surface area contributed by atoms with Crippen molar-refractivity contribution in [3.63, 3.8) is 0 Å². The Morgan fingerprint density at radius 2 is 1.74 bits per heavy atom. The maximum atomic E-state index is 11.3. The van der Waals surface area contributed by atoms with E-state index in [1.165, 1.54) is 24.0 Å². The van der Waals surface area contributed by atoms with E-state index in [1.54, 1.807) is 0 Å². The van der Waals surface area contributed by atoms with Gasteiger partial charge >= 0.3 is 0 Å². The summed E-state index contributed by atoms with van der Waals surface area (Å²) < 4.78 is 0. The van der Waals surface area contributed by atoms with Crippen LogP contribution in [0.4, 0.5) is 0 Å². The van der Waals surface area contributed by atoms with Crippen LogP contribution in [0, 0.1) is 0 Å². The normalized spacial score (nSPS) is 12.1. The van der Waals surface area contributed by atoms with Crippen molar-refractivity contribution in [2.45, 2.75) is 58.8 Å². The van der Waals surface area contributed by atoms with E-state index in [1.807, 2.05) is 6.07 Å². The Kier molecular flexibility index (Phi) is 7.88. The van der Waals surface area contributed by atoms with Crippen molar-refractivity contribution in [1.29, 1.82) is 0 Å². The van der Waals surface area contributed by atoms with Crippen LogP contribution < -0.4 is 0 Å². The highest BCUT2D eigenvalue weighted by atomic mass is 16.1. The quantitative estimate of drug-likeness (QED) is 0.444. The van der Waals surface area contributed by atoms with Crippen molar-refractivity contribution in [2.75, 3.05) is 0 Å². The molecule has 0 aromatic heterocycles. The molecule has 104 valence electrons. The maximum Gasteiger partial charge on any atom is 0.145 e. The third kappa shape index (κ3) is 5.87. The maximum absolute atomic E-state index is 11.3. The lowest BCUT2D eigenvalue weighted by Gasteiger charge is -2.11. The van der Waals surface area contributed by atoms with E-state index in [0.29, 0.717) is 0 Å². The summed E-state index contributed by atoms with van der Waals surface area (Å²) in [6.45, 7) is 4.34. The van der Waals surface area contributed by atoms with Gasteiger partial charge in [0.15, 0.2) is 0 Å². The zero-order valence-corrected chi connectivity index (χ0v) is 12.3. The third-order valence-electron chi connectivity index (χ3n) is 3.51. The largest absolute Gasteiger partial charge is 0.298 e. The van der Waals surface area contributed by atoms with Crippen molar-refractivity contribution in [3.8, 4) is 0 Å². The first-order valence-corrected chi connectivity index (χ1v) is 7.51. The summed E-state index contributed by atoms with van der Waals surface area (Å²) in [5.74, 6) is 0. The number of benzene rings is 1. The van der Waals surface area contributed by atoms with E-state index >= 15 is 0 Å². The van der Waals surface area contributed by atoms with E-state index in [2.05, 4.69) is 38.1 Å². The van der Waals surface area contributed by atoms with Crippen molar-refractivity contribution >= 4 is 6.29 Å². The second kappa shape index (κ2) is 9.55. The smallest absolute Gasteiger partial charge is 0.145 e. The van der Waals surface area contributed by atoms with Crippen LogP contribution in [0.2, 0.25) is 0 Å². The average Bonchev–Trinajstić information content (AvgIpc) is 2.46. The topological polar surface area (TPSA) is 17.1 Å². The molecule has 0 spiro atoms. The molecule has 0 saturated carbocycles. The van der Waals surface area contributed by atoms with Gasteiger partial charge in [-0.15, -0.1) is 0 Å². The minimum absolute atomic E-state index is 0.928. The van der Waals surface area contributed by atoms with E-state index < -0.39 is 0 Å². The van der Waals surface area contributed by atoms with Crippen molar-refractivity contribution in [1.82, 2.24) is 0 Å². The lowest BCUT2D eigenvalue weighted by Crippen LogP contribution is -1.97. The number of hydrogen-bond donors (Lipinski definition) is 0. The van der Waals surface area contributed by atoms with Gasteiger partial charge in [-0.05, 0) is 43.2 Å². The first kappa shape index (κ1) is 15.7. The molecule has 0 N–H and O–H groups in total. The number of allylic oxidation sites excluding steroid dienone is 2. The Bertz CT molecular complexity index is 389. The Hall–Kier alpha value is -1.37. The van der Waals surface area contributed by atoms with E-state index in [0.717, 1.165) is 44.0 Å². The molecule has 0 unspecified atom stereocenters. The Labute approximate surface area is 117 Å². The van der Waals surface area contributed by atoms with Crippen LogP contribution in [-0.4, -0.2) is 6.29 Å². The molecule has 0 amide bonds. The summed E-state index contributed by atoms with van der Waals surface area (Å²) in [5, 5.41) is 0. The van der Waals surface area contributed by atoms with Gasteiger partial charge in [-0.25, -0.2) is 0 Å². The van der Waals surface area contributed by atoms with Crippen LogP contribution in [0.25, 0.3) is 0 Å². The Balaban J connectivity index is 2.70. The van der Waals surface area contributed by atoms with Gasteiger partial charge in [-0.1, -0.05) is 62.6 Å². The molecule has 0 heterocycles. The molecule has 1 aromatic rings. The number of unbranched alkanes of at least 4 members (excludes halogenated alkanes) is 1. The first-order valence-electron chi connectivity index (χ1n) is 7.51. The summed E-state index contributed by atoms with van der Waals surface area (Å²) in [6, 6.07) is 10.5. The van der Waals surface area contributed by atoms with Crippen molar-refractivity contribution < 1.29 is 4.79 Å². The minimum Gasteiger partial charge on any atom is -0.298 e. The molecule has 0 radical (unpaired) electrons. The molecular weight excluding hydrogens is 232 g/mol. The molecule has 0 bridgehead atoms. The predicted molar refractivity (Wildman–Crippen MR) is 82.3 cm³/mol. The number of aldehydes is 1. The van der Waals surface area contributed by atoms with Gasteiger partial charge in [-0.3, -0.25) is 4.79 Å². The fourth-order valence-electron chi connectivity index (χ4n) is 2.36. The molecule has 1 nitrogen and oxygen atoms in total. The van der Waals surface area contributed by atoms with Crippen molar-refractivity contribution in [2.24, 2.45) is 0 Å². The number of carbonyl (C=O) groups excluding carboxylic acids is 1. The summed E-state index contributed by atoms with van der Waals surface area (Å²) in [7, 11) is 0. The van der Waals surface area contributed by atoms with E-state index in [-0.39, 0.29) is 0 Å². The first-order chi connectivity index (χ1) is 9.31. The molecule has 0 aliphatic carbocycles. The van der Waals surface area contributed by atoms with Crippen LogP contribution in [0.15, 0.2) is 41.5 Å². The number of hydrogen-bond acceptors (Lipinski definition) is 1. The molecular formula is C18H26O. The highest BCUT2D eigenvalue weighted by molar-refractivity contribution is 5.74. The van der Waals surface area contributed by atoms with E-state index in [4.69, 9.17) is 0 Å². The monoisotopic (exact) mass is 258 g/mol. The molecule has 0 aliphatic heterocycles. The summed E-state index contributed by atoms with van der Waals surface area (Å²) in [4.78, 5) is 11.3. The number of rotatable bonds is 9. The highest BCUT2D eigenvalue weighted by Gasteiger charge is 2.06. The molecule has 0 saturated heterocycles. The molecule has 0 aliphatic rings. The van der Waals surface area contributed by atoms with Gasteiger partial charge in [0.05, 0.1) is 0 Å². The zero-order valence-electron chi connectivity index (χ0n) is 12.3. The van der Waals surface area contributed by atoms with Crippen molar-refractivity contribution in [3.05, 3.63) is 47.0 Å². The van der Waals surface area contributed by atoms with Gasteiger partial charge in [-0.2, -0.15) is 0 Å². The van der Waals surface area contributed by atoms with Crippen LogP contribution in [0.5, 0.6) is 0 Å². The number of carbonyl (C=O) groups is 1. The molecule has 0 atom stereocenters. The van der Waals surface area contributed by atoms with Crippen LogP contribution in [-0.2, 0) is 11.2 Å². The predicted octanol–water partition coefficient (Wildman–Crippen LogP) is 5.11. The molecule has 0 fully saturated rings. The highest BCUT2D eigenvalue weighted by Crippen LogP contribution is 2.21. The standard InChI is InChI=1S/C18H26O/c1-3-5-12-17(18(15-19)9-4-2)14-13-16-10-7-6-8-11-16/h6-8,10-11,15H,3-5,9,12-14H2,1-2H3/b18-17-. The lowest BCUT2D eigenvalue weighted by molar-refractivity contribution is -0.105. The average molecular weight is 258 g/mol. The van der Waals surface area contributed by atoms with Crippen LogP contribution >= 0.6 is 0 Å². The summed E-state index contributed by atoms with van der Waals surface area (Å²) >= 11 is 0. The van der Waals surface area contributed by atoms with Gasteiger partial charge in [0.1, 0.15) is 6.29 Å². The summed E-state index contributed by atoms with van der Waals surface area (Å²) in [6.07, 6.45) is 8.58. The Morgan fingerprint density at radius 3 is 2.32 bits per heavy atom. The van der Waals surface area contributed by atoms with Gasteiger partial charge in [0.25, 0.3) is 0 Å². The van der Waals surface area contributed by atoms with Gasteiger partial charge in [0.2, 0.25) is 0 Å². The second-order valence-electron chi connectivity index (χ2n) is 5.09. The third-order valence-corrected chi connectivity index (χ3v) is 3.51. The number of aryl methyl sites for hydroxylation is 1. The van der Waals surface area contributed by atoms with Gasteiger partial charge in [0, 0.05) is 0 Å². The van der Waals surface area contributed by atoms with Gasteiger partial charge < -0.3 is 0 Å². The molecule has 1 aromatic carbocycles. The van der Waals surface area contributed by atoms with Crippen LogP contribution in [0.1, 0.15) is 57.9 Å². The zero-order chi connectivity index (χ0) is 13.9. The fourth-order valence-corrected chi connectivity index (χ4v) is 2.36. The molecule has 1 heteroatoms. The summed E-state index contributed by atoms with van der Waals surface area (Å²) in [5.41, 5.74) is 3.78. The van der Waals surface area contributed by atoms with E-state index in [9.17, 15) is 4.79 Å². The lowest BCUT2D eigenvalue weighted by atomic mass is 9.94. The SMILES string of the molecule is CCCC/C(CCc1ccccc1)=C(/C=O)CCC. The molecule has 1 rings (SSSR count). The minimum atomic E-state index is 0.928. The second-order valence-corrected chi connectivity index (χ2v) is 5.09. The molecule has 19 heavy (non-hydrogen) atoms. The van der Waals surface area contributed by atoms with Crippen LogP contribution in [0.3, 0.4) is 0 Å². The Morgan fingerprint density at radius 1 is 1.00 bits per heavy atom. The fraction of sp³-hybridized carbons (Fsp3) is 0.500.